The third kappa shape index (κ3) is 4.42. The third-order valence-electron chi connectivity index (χ3n) is 4.71. The van der Waals surface area contributed by atoms with Crippen molar-refractivity contribution in [1.29, 1.82) is 0 Å². The van der Waals surface area contributed by atoms with Crippen LogP contribution in [0, 0.1) is 5.41 Å². The molecule has 2 rings (SSSR count). The molecule has 1 amide bonds. The summed E-state index contributed by atoms with van der Waals surface area (Å²) in [6.07, 6.45) is 1.31. The van der Waals surface area contributed by atoms with Crippen molar-refractivity contribution in [2.45, 2.75) is 32.1 Å². The molecule has 1 aliphatic rings. The Morgan fingerprint density at radius 3 is 2.46 bits per heavy atom. The maximum absolute atomic E-state index is 13.3. The Labute approximate surface area is 156 Å². The number of hydrogen-bond donors (Lipinski definition) is 1. The Bertz CT molecular complexity index is 558. The Kier molecular flexibility index (Phi) is 7.54. The molecule has 0 radical (unpaired) electrons. The molecule has 0 atom stereocenters. The van der Waals surface area contributed by atoms with E-state index in [0.717, 1.165) is 5.56 Å². The lowest BCUT2D eigenvalue weighted by Gasteiger charge is -2.41. The minimum Gasteiger partial charge on any atom is -0.381 e. The van der Waals surface area contributed by atoms with Gasteiger partial charge in [0.25, 0.3) is 0 Å². The number of amides is 1. The second-order valence-corrected chi connectivity index (χ2v) is 7.61. The number of rotatable bonds is 5. The number of likely N-dealkylation sites (N-methyl/N-ethyl adjacent to an activating group) is 1. The van der Waals surface area contributed by atoms with Crippen LogP contribution >= 0.6 is 24.0 Å². The Balaban J connectivity index is 0.00000288. The van der Waals surface area contributed by atoms with Gasteiger partial charge in [0, 0.05) is 31.8 Å². The summed E-state index contributed by atoms with van der Waals surface area (Å²) in [5.74, 6) is 0.107. The summed E-state index contributed by atoms with van der Waals surface area (Å²) in [5.41, 5.74) is 6.02. The molecule has 1 aliphatic heterocycles. The topological polar surface area (TPSA) is 55.6 Å². The number of nitrogens with zero attached hydrogens (tertiary/aromatic N) is 1. The molecule has 0 saturated carbocycles. The van der Waals surface area contributed by atoms with E-state index in [1.807, 2.05) is 36.2 Å². The molecule has 4 nitrogen and oxygen atoms in total. The highest BCUT2D eigenvalue weighted by Gasteiger charge is 2.45. The first-order chi connectivity index (χ1) is 10.8. The zero-order chi connectivity index (χ0) is 17.1. The molecule has 2 N–H and O–H groups in total. The zero-order valence-corrected chi connectivity index (χ0v) is 16.3. The van der Waals surface area contributed by atoms with Crippen LogP contribution in [-0.4, -0.2) is 44.2 Å². The van der Waals surface area contributed by atoms with Gasteiger partial charge in [0.05, 0.1) is 5.41 Å². The van der Waals surface area contributed by atoms with Gasteiger partial charge in [-0.3, -0.25) is 4.79 Å². The standard InChI is InChI=1S/C18H27ClN2O2.ClH/c1-17(2,12-20)13-21(3)16(22)18(8-10-23-11-9-18)14-6-4-5-7-15(14)19;/h4-7H,8-13,20H2,1-3H3;1H. The minimum absolute atomic E-state index is 0. The lowest BCUT2D eigenvalue weighted by atomic mass is 9.72. The monoisotopic (exact) mass is 374 g/mol. The molecule has 0 unspecified atom stereocenters. The summed E-state index contributed by atoms with van der Waals surface area (Å²) in [5, 5.41) is 0.647. The summed E-state index contributed by atoms with van der Waals surface area (Å²) in [6.45, 7) is 6.45. The molecule has 24 heavy (non-hydrogen) atoms. The van der Waals surface area contributed by atoms with Gasteiger partial charge in [-0.25, -0.2) is 0 Å². The van der Waals surface area contributed by atoms with Crippen molar-refractivity contribution in [2.24, 2.45) is 11.1 Å². The molecule has 136 valence electrons. The molecule has 6 heteroatoms. The van der Waals surface area contributed by atoms with Crippen molar-refractivity contribution in [3.8, 4) is 0 Å². The van der Waals surface area contributed by atoms with E-state index in [9.17, 15) is 4.79 Å². The first kappa shape index (κ1) is 21.2. The fraction of sp³-hybridized carbons (Fsp3) is 0.611. The van der Waals surface area contributed by atoms with Crippen molar-refractivity contribution in [1.82, 2.24) is 4.90 Å². The Morgan fingerprint density at radius 1 is 1.33 bits per heavy atom. The van der Waals surface area contributed by atoms with Gasteiger partial charge in [0.1, 0.15) is 0 Å². The fourth-order valence-corrected chi connectivity index (χ4v) is 3.63. The van der Waals surface area contributed by atoms with Crippen LogP contribution in [0.4, 0.5) is 0 Å². The van der Waals surface area contributed by atoms with E-state index in [0.29, 0.717) is 44.2 Å². The lowest BCUT2D eigenvalue weighted by Crippen LogP contribution is -2.51. The summed E-state index contributed by atoms with van der Waals surface area (Å²) < 4.78 is 5.50. The highest BCUT2D eigenvalue weighted by atomic mass is 35.5. The molecule has 1 aromatic carbocycles. The van der Waals surface area contributed by atoms with Gasteiger partial charge in [-0.05, 0) is 36.4 Å². The molecule has 0 spiro atoms. The average Bonchev–Trinajstić information content (AvgIpc) is 2.54. The van der Waals surface area contributed by atoms with Gasteiger partial charge in [0.2, 0.25) is 5.91 Å². The quantitative estimate of drug-likeness (QED) is 0.860. The zero-order valence-electron chi connectivity index (χ0n) is 14.7. The molecular weight excluding hydrogens is 347 g/mol. The van der Waals surface area contributed by atoms with Gasteiger partial charge < -0.3 is 15.4 Å². The molecule has 1 heterocycles. The van der Waals surface area contributed by atoms with Gasteiger partial charge in [-0.15, -0.1) is 12.4 Å². The van der Waals surface area contributed by atoms with Crippen LogP contribution in [0.1, 0.15) is 32.3 Å². The molecular formula is C18H28Cl2N2O2. The van der Waals surface area contributed by atoms with Crippen LogP contribution in [0.25, 0.3) is 0 Å². The van der Waals surface area contributed by atoms with Crippen molar-refractivity contribution >= 4 is 29.9 Å². The number of nitrogens with two attached hydrogens (primary N) is 1. The SMILES string of the molecule is CN(CC(C)(C)CN)C(=O)C1(c2ccccc2Cl)CCOCC1.Cl. The molecule has 1 saturated heterocycles. The number of ether oxygens (including phenoxy) is 1. The van der Waals surface area contributed by atoms with E-state index in [2.05, 4.69) is 13.8 Å². The minimum atomic E-state index is -0.601. The Morgan fingerprint density at radius 2 is 1.92 bits per heavy atom. The normalized spacial score (nSPS) is 17.0. The van der Waals surface area contributed by atoms with Crippen LogP contribution in [0.3, 0.4) is 0 Å². The van der Waals surface area contributed by atoms with Crippen molar-refractivity contribution in [3.05, 3.63) is 34.9 Å². The second-order valence-electron chi connectivity index (χ2n) is 7.20. The summed E-state index contributed by atoms with van der Waals surface area (Å²) in [4.78, 5) is 15.1. The van der Waals surface area contributed by atoms with E-state index in [-0.39, 0.29) is 23.7 Å². The molecule has 0 bridgehead atoms. The average molecular weight is 375 g/mol. The van der Waals surface area contributed by atoms with E-state index >= 15 is 0 Å². The molecule has 1 fully saturated rings. The van der Waals surface area contributed by atoms with Gasteiger partial charge in [-0.2, -0.15) is 0 Å². The van der Waals surface area contributed by atoms with Gasteiger partial charge >= 0.3 is 0 Å². The highest BCUT2D eigenvalue weighted by Crippen LogP contribution is 2.40. The predicted octanol–water partition coefficient (Wildman–Crippen LogP) is 3.25. The van der Waals surface area contributed by atoms with Crippen molar-refractivity contribution in [2.75, 3.05) is 33.4 Å². The van der Waals surface area contributed by atoms with Crippen molar-refractivity contribution in [3.63, 3.8) is 0 Å². The summed E-state index contributed by atoms with van der Waals surface area (Å²) in [6, 6.07) is 7.65. The maximum Gasteiger partial charge on any atom is 0.233 e. The molecule has 1 aromatic rings. The van der Waals surface area contributed by atoms with Gasteiger partial charge in [-0.1, -0.05) is 43.6 Å². The number of hydrogen-bond acceptors (Lipinski definition) is 3. The second kappa shape index (κ2) is 8.52. The maximum atomic E-state index is 13.3. The number of halogens is 2. The van der Waals surface area contributed by atoms with Crippen LogP contribution < -0.4 is 5.73 Å². The van der Waals surface area contributed by atoms with Crippen LogP contribution in [-0.2, 0) is 14.9 Å². The van der Waals surface area contributed by atoms with E-state index in [4.69, 9.17) is 22.1 Å². The summed E-state index contributed by atoms with van der Waals surface area (Å²) >= 11 is 6.42. The molecule has 0 aromatic heterocycles. The van der Waals surface area contributed by atoms with E-state index in [1.165, 1.54) is 0 Å². The van der Waals surface area contributed by atoms with Crippen LogP contribution in [0.2, 0.25) is 5.02 Å². The fourth-order valence-electron chi connectivity index (χ4n) is 3.31. The van der Waals surface area contributed by atoms with Crippen molar-refractivity contribution < 1.29 is 9.53 Å². The summed E-state index contributed by atoms with van der Waals surface area (Å²) in [7, 11) is 1.85. The number of carbonyl (C=O) groups excluding carboxylic acids is 1. The first-order valence-corrected chi connectivity index (χ1v) is 8.49. The smallest absolute Gasteiger partial charge is 0.233 e. The first-order valence-electron chi connectivity index (χ1n) is 8.11. The van der Waals surface area contributed by atoms with Crippen LogP contribution in [0.5, 0.6) is 0 Å². The highest BCUT2D eigenvalue weighted by molar-refractivity contribution is 6.31. The third-order valence-corrected chi connectivity index (χ3v) is 5.04. The number of benzene rings is 1. The Hall–Kier alpha value is -0.810. The lowest BCUT2D eigenvalue weighted by molar-refractivity contribution is -0.141. The molecule has 0 aliphatic carbocycles. The predicted molar refractivity (Wildman–Crippen MR) is 101 cm³/mol. The van der Waals surface area contributed by atoms with E-state index < -0.39 is 5.41 Å². The van der Waals surface area contributed by atoms with Gasteiger partial charge in [0.15, 0.2) is 0 Å². The number of carbonyl (C=O) groups is 1. The van der Waals surface area contributed by atoms with E-state index in [1.54, 1.807) is 0 Å². The van der Waals surface area contributed by atoms with Crippen LogP contribution in [0.15, 0.2) is 24.3 Å². The largest absolute Gasteiger partial charge is 0.381 e.